The quantitative estimate of drug-likeness (QED) is 0.940. The number of hydrogen-bond donors (Lipinski definition) is 1. The molecule has 0 saturated carbocycles. The zero-order chi connectivity index (χ0) is 16.9. The Morgan fingerprint density at radius 2 is 2.12 bits per heavy atom. The lowest BCUT2D eigenvalue weighted by molar-refractivity contribution is -0.125. The molecule has 1 saturated heterocycles. The third-order valence-corrected chi connectivity index (χ3v) is 4.60. The van der Waals surface area contributed by atoms with E-state index in [0.29, 0.717) is 5.56 Å². The normalized spacial score (nSPS) is 15.2. The number of nitrogens with zero attached hydrogens (tertiary/aromatic N) is 3. The van der Waals surface area contributed by atoms with Gasteiger partial charge in [0.1, 0.15) is 6.07 Å². The van der Waals surface area contributed by atoms with Crippen LogP contribution in [-0.4, -0.2) is 30.5 Å². The molecule has 1 aromatic heterocycles. The van der Waals surface area contributed by atoms with Crippen LogP contribution in [0.5, 0.6) is 0 Å². The molecule has 1 aliphatic rings. The number of amides is 1. The highest BCUT2D eigenvalue weighted by molar-refractivity contribution is 5.94. The molecular weight excluding hydrogens is 300 g/mol. The minimum absolute atomic E-state index is 0.0754. The third kappa shape index (κ3) is 3.18. The van der Waals surface area contributed by atoms with Crippen molar-refractivity contribution in [1.29, 1.82) is 5.26 Å². The minimum Gasteiger partial charge on any atom is -0.370 e. The van der Waals surface area contributed by atoms with Gasteiger partial charge in [-0.3, -0.25) is 9.78 Å². The number of anilines is 1. The summed E-state index contributed by atoms with van der Waals surface area (Å²) in [5.74, 6) is 0.239. The van der Waals surface area contributed by atoms with E-state index in [4.69, 9.17) is 0 Å². The number of fused-ring (bicyclic) bond motifs is 1. The van der Waals surface area contributed by atoms with Crippen LogP contribution < -0.4 is 10.2 Å². The molecule has 0 unspecified atom stereocenters. The molecule has 0 radical (unpaired) electrons. The van der Waals surface area contributed by atoms with Gasteiger partial charge in [0, 0.05) is 37.1 Å². The summed E-state index contributed by atoms with van der Waals surface area (Å²) < 4.78 is 0. The lowest BCUT2D eigenvalue weighted by Crippen LogP contribution is -2.41. The van der Waals surface area contributed by atoms with Crippen LogP contribution >= 0.6 is 0 Å². The molecule has 1 aliphatic heterocycles. The van der Waals surface area contributed by atoms with Gasteiger partial charge in [0.2, 0.25) is 5.91 Å². The van der Waals surface area contributed by atoms with Gasteiger partial charge in [0.15, 0.2) is 0 Å². The highest BCUT2D eigenvalue weighted by Gasteiger charge is 2.26. The summed E-state index contributed by atoms with van der Waals surface area (Å²) in [6.45, 7) is 4.37. The fourth-order valence-corrected chi connectivity index (χ4v) is 3.31. The van der Waals surface area contributed by atoms with Crippen LogP contribution in [0.4, 0.5) is 5.69 Å². The number of hydrogen-bond acceptors (Lipinski definition) is 4. The molecule has 124 valence electrons. The van der Waals surface area contributed by atoms with E-state index in [2.05, 4.69) is 28.2 Å². The van der Waals surface area contributed by atoms with Crippen molar-refractivity contribution in [2.24, 2.45) is 5.92 Å². The van der Waals surface area contributed by atoms with Gasteiger partial charge in [-0.1, -0.05) is 25.1 Å². The van der Waals surface area contributed by atoms with Crippen molar-refractivity contribution in [1.82, 2.24) is 10.3 Å². The Morgan fingerprint density at radius 1 is 1.38 bits per heavy atom. The molecule has 2 aromatic rings. The Morgan fingerprint density at radius 3 is 2.83 bits per heavy atom. The van der Waals surface area contributed by atoms with E-state index in [0.717, 1.165) is 55.5 Å². The molecule has 1 amide bonds. The molecule has 0 bridgehead atoms. The van der Waals surface area contributed by atoms with Crippen LogP contribution in [0.1, 0.15) is 31.7 Å². The largest absolute Gasteiger partial charge is 0.370 e. The second-order valence-electron chi connectivity index (χ2n) is 6.20. The van der Waals surface area contributed by atoms with Gasteiger partial charge in [-0.25, -0.2) is 0 Å². The fourth-order valence-electron chi connectivity index (χ4n) is 3.31. The van der Waals surface area contributed by atoms with Crippen LogP contribution in [0, 0.1) is 17.2 Å². The van der Waals surface area contributed by atoms with Crippen molar-refractivity contribution >= 4 is 22.5 Å². The van der Waals surface area contributed by atoms with E-state index in [1.54, 1.807) is 6.20 Å². The minimum atomic E-state index is 0.0754. The van der Waals surface area contributed by atoms with Gasteiger partial charge in [0.05, 0.1) is 16.8 Å². The Hall–Kier alpha value is -2.61. The van der Waals surface area contributed by atoms with Crippen LogP contribution in [0.15, 0.2) is 30.5 Å². The molecule has 2 heterocycles. The number of rotatable bonds is 4. The number of pyridine rings is 1. The van der Waals surface area contributed by atoms with Crippen LogP contribution in [0.3, 0.4) is 0 Å². The lowest BCUT2D eigenvalue weighted by Gasteiger charge is -2.34. The monoisotopic (exact) mass is 322 g/mol. The first kappa shape index (κ1) is 16.3. The topological polar surface area (TPSA) is 69.0 Å². The molecule has 1 N–H and O–H groups in total. The number of aromatic nitrogens is 1. The Balaban J connectivity index is 1.81. The first-order valence-electron chi connectivity index (χ1n) is 8.55. The van der Waals surface area contributed by atoms with Crippen molar-refractivity contribution in [3.63, 3.8) is 0 Å². The number of nitriles is 1. The summed E-state index contributed by atoms with van der Waals surface area (Å²) in [5.41, 5.74) is 2.45. The molecule has 0 atom stereocenters. The summed E-state index contributed by atoms with van der Waals surface area (Å²) in [6.07, 6.45) is 4.24. The molecule has 5 nitrogen and oxygen atoms in total. The average Bonchev–Trinajstić information content (AvgIpc) is 2.65. The number of nitrogens with one attached hydrogen (secondary N) is 1. The highest BCUT2D eigenvalue weighted by atomic mass is 16.1. The number of benzene rings is 1. The maximum Gasteiger partial charge on any atom is 0.223 e. The Labute approximate surface area is 142 Å². The molecule has 24 heavy (non-hydrogen) atoms. The van der Waals surface area contributed by atoms with Gasteiger partial charge in [-0.05, 0) is 25.3 Å². The number of carbonyl (C=O) groups is 1. The van der Waals surface area contributed by atoms with Crippen molar-refractivity contribution in [3.05, 3.63) is 36.0 Å². The molecule has 0 aliphatic carbocycles. The summed E-state index contributed by atoms with van der Waals surface area (Å²) >= 11 is 0. The second kappa shape index (κ2) is 7.31. The first-order valence-corrected chi connectivity index (χ1v) is 8.55. The summed E-state index contributed by atoms with van der Waals surface area (Å²) in [7, 11) is 0. The maximum absolute atomic E-state index is 12.1. The van der Waals surface area contributed by atoms with Gasteiger partial charge in [-0.15, -0.1) is 0 Å². The second-order valence-corrected chi connectivity index (χ2v) is 6.20. The maximum atomic E-state index is 12.1. The van der Waals surface area contributed by atoms with Crippen LogP contribution in [-0.2, 0) is 4.79 Å². The molecule has 1 fully saturated rings. The van der Waals surface area contributed by atoms with E-state index in [1.807, 2.05) is 24.3 Å². The summed E-state index contributed by atoms with van der Waals surface area (Å²) in [6, 6.07) is 10.2. The zero-order valence-electron chi connectivity index (χ0n) is 14.0. The number of piperidine rings is 1. The fraction of sp³-hybridized carbons (Fsp3) is 0.421. The van der Waals surface area contributed by atoms with E-state index in [1.165, 1.54) is 0 Å². The standard InChI is InChI=1S/C19H22N4O/c1-2-9-21-19(24)14-7-10-23(11-8-14)18-15(12-20)13-22-17-6-4-3-5-16(17)18/h3-6,13-14H,2,7-11H2,1H3,(H,21,24). The van der Waals surface area contributed by atoms with E-state index in [9.17, 15) is 10.1 Å². The SMILES string of the molecule is CCCNC(=O)C1CCN(c2c(C#N)cnc3ccccc23)CC1. The van der Waals surface area contributed by atoms with E-state index < -0.39 is 0 Å². The van der Waals surface area contributed by atoms with E-state index >= 15 is 0 Å². The van der Waals surface area contributed by atoms with Gasteiger partial charge in [0.25, 0.3) is 0 Å². The van der Waals surface area contributed by atoms with Crippen molar-refractivity contribution in [2.45, 2.75) is 26.2 Å². The summed E-state index contributed by atoms with van der Waals surface area (Å²) in [5, 5.41) is 13.5. The molecule has 1 aromatic carbocycles. The van der Waals surface area contributed by atoms with Crippen molar-refractivity contribution in [2.75, 3.05) is 24.5 Å². The number of carbonyl (C=O) groups excluding carboxylic acids is 1. The summed E-state index contributed by atoms with van der Waals surface area (Å²) in [4.78, 5) is 18.7. The van der Waals surface area contributed by atoms with Gasteiger partial charge < -0.3 is 10.2 Å². The molecule has 5 heteroatoms. The average molecular weight is 322 g/mol. The highest BCUT2D eigenvalue weighted by Crippen LogP contribution is 2.32. The predicted octanol–water partition coefficient (Wildman–Crippen LogP) is 2.85. The Bertz CT molecular complexity index is 773. The van der Waals surface area contributed by atoms with Gasteiger partial charge in [-0.2, -0.15) is 5.26 Å². The van der Waals surface area contributed by atoms with Gasteiger partial charge >= 0.3 is 0 Å². The third-order valence-electron chi connectivity index (χ3n) is 4.60. The van der Waals surface area contributed by atoms with Crippen molar-refractivity contribution in [3.8, 4) is 6.07 Å². The Kier molecular flexibility index (Phi) is 4.95. The van der Waals surface area contributed by atoms with E-state index in [-0.39, 0.29) is 11.8 Å². The van der Waals surface area contributed by atoms with Crippen molar-refractivity contribution < 1.29 is 4.79 Å². The zero-order valence-corrected chi connectivity index (χ0v) is 14.0. The predicted molar refractivity (Wildman–Crippen MR) is 94.7 cm³/mol. The first-order chi connectivity index (χ1) is 11.7. The number of para-hydroxylation sites is 1. The van der Waals surface area contributed by atoms with Crippen LogP contribution in [0.2, 0.25) is 0 Å². The lowest BCUT2D eigenvalue weighted by atomic mass is 9.94. The molecule has 3 rings (SSSR count). The molecule has 0 spiro atoms. The molecular formula is C19H22N4O. The smallest absolute Gasteiger partial charge is 0.223 e. The van der Waals surface area contributed by atoms with Crippen LogP contribution in [0.25, 0.3) is 10.9 Å².